The second-order valence-electron chi connectivity index (χ2n) is 6.04. The molecule has 9 heteroatoms. The van der Waals surface area contributed by atoms with Gasteiger partial charge in [-0.25, -0.2) is 13.6 Å². The molecule has 1 aliphatic heterocycles. The van der Waals surface area contributed by atoms with Crippen molar-refractivity contribution in [3.05, 3.63) is 63.6 Å². The van der Waals surface area contributed by atoms with E-state index < -0.39 is 17.7 Å². The van der Waals surface area contributed by atoms with E-state index in [1.807, 2.05) is 0 Å². The molecule has 0 radical (unpaired) electrons. The lowest BCUT2D eigenvalue weighted by Crippen LogP contribution is -2.51. The summed E-state index contributed by atoms with van der Waals surface area (Å²) in [6, 6.07) is 7.38. The van der Waals surface area contributed by atoms with Crippen molar-refractivity contribution in [2.24, 2.45) is 0 Å². The smallest absolute Gasteiger partial charge is 0.320 e. The third-order valence-electron chi connectivity index (χ3n) is 4.13. The predicted molar refractivity (Wildman–Crippen MR) is 98.6 cm³/mol. The highest BCUT2D eigenvalue weighted by atomic mass is 35.5. The van der Waals surface area contributed by atoms with Gasteiger partial charge in [-0.2, -0.15) is 0 Å². The summed E-state index contributed by atoms with van der Waals surface area (Å²) in [5.74, 6) is -1.65. The van der Waals surface area contributed by atoms with Crippen LogP contribution in [0.5, 0.6) is 0 Å². The van der Waals surface area contributed by atoms with Crippen LogP contribution in [0, 0.1) is 11.6 Å². The fourth-order valence-corrected chi connectivity index (χ4v) is 3.14. The summed E-state index contributed by atoms with van der Waals surface area (Å²) in [7, 11) is 0. The van der Waals surface area contributed by atoms with Crippen molar-refractivity contribution in [2.75, 3.05) is 18.5 Å². The van der Waals surface area contributed by atoms with Crippen molar-refractivity contribution >= 4 is 40.8 Å². The first-order chi connectivity index (χ1) is 12.8. The van der Waals surface area contributed by atoms with Crippen LogP contribution in [-0.4, -0.2) is 35.0 Å². The van der Waals surface area contributed by atoms with Crippen molar-refractivity contribution in [1.82, 2.24) is 9.80 Å². The maximum Gasteiger partial charge on any atom is 0.323 e. The van der Waals surface area contributed by atoms with Crippen molar-refractivity contribution in [1.29, 1.82) is 0 Å². The van der Waals surface area contributed by atoms with Crippen LogP contribution in [0.1, 0.15) is 12.0 Å². The maximum atomic E-state index is 13.9. The van der Waals surface area contributed by atoms with Crippen LogP contribution in [0.4, 0.5) is 19.3 Å². The molecule has 3 amide bonds. The van der Waals surface area contributed by atoms with E-state index in [4.69, 9.17) is 23.2 Å². The number of urea groups is 1. The van der Waals surface area contributed by atoms with E-state index in [0.29, 0.717) is 10.7 Å². The third kappa shape index (κ3) is 4.67. The molecule has 1 saturated heterocycles. The molecule has 1 fully saturated rings. The van der Waals surface area contributed by atoms with E-state index in [-0.39, 0.29) is 42.7 Å². The average molecular weight is 414 g/mol. The molecule has 1 N–H and O–H groups in total. The normalized spacial score (nSPS) is 14.4. The summed E-state index contributed by atoms with van der Waals surface area (Å²) in [5.41, 5.74) is 0.562. The fraction of sp³-hybridized carbons (Fsp3) is 0.222. The largest absolute Gasteiger partial charge is 0.323 e. The second-order valence-corrected chi connectivity index (χ2v) is 6.88. The van der Waals surface area contributed by atoms with E-state index in [1.165, 1.54) is 21.9 Å². The number of anilines is 1. The molecule has 0 bridgehead atoms. The number of nitrogens with one attached hydrogen (secondary N) is 1. The molecule has 0 unspecified atom stereocenters. The zero-order valence-corrected chi connectivity index (χ0v) is 15.5. The Labute approximate surface area is 164 Å². The number of nitrogens with zero attached hydrogens (tertiary/aromatic N) is 2. The Bertz CT molecular complexity index is 895. The number of hydrogen-bond donors (Lipinski definition) is 1. The summed E-state index contributed by atoms with van der Waals surface area (Å²) < 4.78 is 26.9. The van der Waals surface area contributed by atoms with Crippen molar-refractivity contribution in [3.8, 4) is 0 Å². The van der Waals surface area contributed by atoms with E-state index >= 15 is 0 Å². The molecule has 3 rings (SSSR count). The molecule has 1 heterocycles. The van der Waals surface area contributed by atoms with Gasteiger partial charge in [-0.1, -0.05) is 29.3 Å². The molecule has 0 aliphatic carbocycles. The van der Waals surface area contributed by atoms with Gasteiger partial charge in [0.05, 0.1) is 23.9 Å². The topological polar surface area (TPSA) is 52.7 Å². The SMILES string of the molecule is O=C1CCN(C(=O)Nc2ccc(Cl)cc2Cl)CN1Cc1ccc(F)cc1F. The van der Waals surface area contributed by atoms with Gasteiger partial charge in [-0.05, 0) is 24.3 Å². The number of hydrogen-bond acceptors (Lipinski definition) is 2. The molecule has 0 saturated carbocycles. The first-order valence-corrected chi connectivity index (χ1v) is 8.82. The van der Waals surface area contributed by atoms with Gasteiger partial charge in [0.2, 0.25) is 5.91 Å². The standard InChI is InChI=1S/C18H15Cl2F2N3O2/c19-12-2-4-16(14(20)7-12)23-18(27)24-6-5-17(26)25(10-24)9-11-1-3-13(21)8-15(11)22/h1-4,7-8H,5-6,9-10H2,(H,23,27). The Morgan fingerprint density at radius 1 is 1.15 bits per heavy atom. The van der Waals surface area contributed by atoms with Gasteiger partial charge in [0.25, 0.3) is 0 Å². The van der Waals surface area contributed by atoms with Crippen LogP contribution in [-0.2, 0) is 11.3 Å². The van der Waals surface area contributed by atoms with Gasteiger partial charge in [0, 0.05) is 29.6 Å². The summed E-state index contributed by atoms with van der Waals surface area (Å²) in [6.45, 7) is 0.140. The Morgan fingerprint density at radius 3 is 2.63 bits per heavy atom. The van der Waals surface area contributed by atoms with E-state index in [9.17, 15) is 18.4 Å². The van der Waals surface area contributed by atoms with Crippen LogP contribution >= 0.6 is 23.2 Å². The number of halogens is 4. The minimum atomic E-state index is -0.739. The Balaban J connectivity index is 1.68. The molecule has 5 nitrogen and oxygen atoms in total. The molecule has 2 aromatic carbocycles. The number of benzene rings is 2. The molecular weight excluding hydrogens is 399 g/mol. The zero-order valence-electron chi connectivity index (χ0n) is 14.0. The lowest BCUT2D eigenvalue weighted by Gasteiger charge is -2.35. The Morgan fingerprint density at radius 2 is 1.93 bits per heavy atom. The number of rotatable bonds is 3. The first kappa shape index (κ1) is 19.4. The minimum absolute atomic E-state index is 0.0211. The quantitative estimate of drug-likeness (QED) is 0.805. The fourth-order valence-electron chi connectivity index (χ4n) is 2.69. The lowest BCUT2D eigenvalue weighted by atomic mass is 10.1. The Hall–Kier alpha value is -2.38. The van der Waals surface area contributed by atoms with Crippen LogP contribution in [0.25, 0.3) is 0 Å². The summed E-state index contributed by atoms with van der Waals surface area (Å²) in [6.07, 6.45) is 0.102. The molecule has 2 aromatic rings. The van der Waals surface area contributed by atoms with Gasteiger partial charge in [-0.15, -0.1) is 0 Å². The zero-order chi connectivity index (χ0) is 19.6. The van der Waals surface area contributed by atoms with E-state index in [1.54, 1.807) is 12.1 Å². The van der Waals surface area contributed by atoms with E-state index in [2.05, 4.69) is 5.32 Å². The minimum Gasteiger partial charge on any atom is -0.320 e. The first-order valence-electron chi connectivity index (χ1n) is 8.06. The van der Waals surface area contributed by atoms with Crippen molar-refractivity contribution in [2.45, 2.75) is 13.0 Å². The maximum absolute atomic E-state index is 13.9. The lowest BCUT2D eigenvalue weighted by molar-refractivity contribution is -0.137. The van der Waals surface area contributed by atoms with Gasteiger partial charge < -0.3 is 15.1 Å². The average Bonchev–Trinajstić information content (AvgIpc) is 2.61. The highest BCUT2D eigenvalue weighted by Crippen LogP contribution is 2.26. The molecule has 142 valence electrons. The molecule has 0 atom stereocenters. The van der Waals surface area contributed by atoms with Crippen LogP contribution in [0.15, 0.2) is 36.4 Å². The Kier molecular flexibility index (Phi) is 5.82. The van der Waals surface area contributed by atoms with Crippen molar-refractivity contribution in [3.63, 3.8) is 0 Å². The summed E-state index contributed by atoms with van der Waals surface area (Å²) >= 11 is 11.9. The number of amides is 3. The van der Waals surface area contributed by atoms with Gasteiger partial charge in [0.1, 0.15) is 11.6 Å². The summed E-state index contributed by atoms with van der Waals surface area (Å²) in [4.78, 5) is 27.4. The highest BCUT2D eigenvalue weighted by Gasteiger charge is 2.28. The van der Waals surface area contributed by atoms with Gasteiger partial charge in [-0.3, -0.25) is 4.79 Å². The van der Waals surface area contributed by atoms with Crippen LogP contribution < -0.4 is 5.32 Å². The van der Waals surface area contributed by atoms with Crippen LogP contribution in [0.2, 0.25) is 10.0 Å². The highest BCUT2D eigenvalue weighted by molar-refractivity contribution is 6.36. The molecular formula is C18H15Cl2F2N3O2. The monoisotopic (exact) mass is 413 g/mol. The number of carbonyl (C=O) groups is 2. The predicted octanol–water partition coefficient (Wildman–Crippen LogP) is 4.50. The van der Waals surface area contributed by atoms with Gasteiger partial charge in [0.15, 0.2) is 0 Å². The molecule has 27 heavy (non-hydrogen) atoms. The number of carbonyl (C=O) groups excluding carboxylic acids is 2. The van der Waals surface area contributed by atoms with E-state index in [0.717, 1.165) is 12.1 Å². The molecule has 0 aromatic heterocycles. The molecule has 0 spiro atoms. The van der Waals surface area contributed by atoms with Crippen molar-refractivity contribution < 1.29 is 18.4 Å². The van der Waals surface area contributed by atoms with Gasteiger partial charge >= 0.3 is 6.03 Å². The summed E-state index contributed by atoms with van der Waals surface area (Å²) in [5, 5.41) is 3.39. The van der Waals surface area contributed by atoms with Crippen LogP contribution in [0.3, 0.4) is 0 Å². The third-order valence-corrected chi connectivity index (χ3v) is 4.67. The second kappa shape index (κ2) is 8.10. The molecule has 1 aliphatic rings.